The molecule has 23 heavy (non-hydrogen) atoms. The monoisotopic (exact) mass is 340 g/mol. The number of amides is 1. The zero-order valence-electron chi connectivity index (χ0n) is 13.2. The Morgan fingerprint density at radius 1 is 1.22 bits per heavy atom. The van der Waals surface area contributed by atoms with E-state index >= 15 is 0 Å². The first-order valence-electron chi connectivity index (χ1n) is 7.17. The molecule has 0 bridgehead atoms. The van der Waals surface area contributed by atoms with Gasteiger partial charge in [-0.3, -0.25) is 9.59 Å². The molecular formula is C15H20N2O5S. The SMILES string of the molecule is CC(C)(C)NS(=O)(=O)c1cccc(NC(=O)[C@H]2C[C@H]2C(=O)O)c1. The van der Waals surface area contributed by atoms with E-state index in [9.17, 15) is 18.0 Å². The van der Waals surface area contributed by atoms with Crippen LogP contribution in [0.4, 0.5) is 5.69 Å². The van der Waals surface area contributed by atoms with Crippen LogP contribution in [0.25, 0.3) is 0 Å². The fourth-order valence-corrected chi connectivity index (χ4v) is 3.66. The highest BCUT2D eigenvalue weighted by molar-refractivity contribution is 7.89. The number of sulfonamides is 1. The molecule has 0 aromatic heterocycles. The van der Waals surface area contributed by atoms with Crippen LogP contribution in [0.2, 0.25) is 0 Å². The van der Waals surface area contributed by atoms with Crippen molar-refractivity contribution in [1.29, 1.82) is 0 Å². The summed E-state index contributed by atoms with van der Waals surface area (Å²) in [6, 6.07) is 5.87. The van der Waals surface area contributed by atoms with Gasteiger partial charge in [0.25, 0.3) is 0 Å². The van der Waals surface area contributed by atoms with Crippen LogP contribution >= 0.6 is 0 Å². The molecular weight excluding hydrogens is 320 g/mol. The maximum atomic E-state index is 12.3. The van der Waals surface area contributed by atoms with Crippen LogP contribution < -0.4 is 10.0 Å². The molecule has 1 aliphatic carbocycles. The molecule has 1 aromatic rings. The third-order valence-electron chi connectivity index (χ3n) is 3.30. The van der Waals surface area contributed by atoms with E-state index in [1.54, 1.807) is 26.8 Å². The maximum absolute atomic E-state index is 12.3. The lowest BCUT2D eigenvalue weighted by Crippen LogP contribution is -2.40. The molecule has 0 unspecified atom stereocenters. The Labute approximate surface area is 135 Å². The number of carbonyl (C=O) groups is 2. The summed E-state index contributed by atoms with van der Waals surface area (Å²) in [4.78, 5) is 22.8. The van der Waals surface area contributed by atoms with Crippen molar-refractivity contribution in [3.8, 4) is 0 Å². The van der Waals surface area contributed by atoms with Gasteiger partial charge in [-0.1, -0.05) is 6.07 Å². The lowest BCUT2D eigenvalue weighted by molar-refractivity contribution is -0.139. The van der Waals surface area contributed by atoms with Crippen molar-refractivity contribution in [2.75, 3.05) is 5.32 Å². The fraction of sp³-hybridized carbons (Fsp3) is 0.467. The van der Waals surface area contributed by atoms with Gasteiger partial charge in [-0.25, -0.2) is 13.1 Å². The molecule has 0 aliphatic heterocycles. The summed E-state index contributed by atoms with van der Waals surface area (Å²) < 4.78 is 27.1. The third-order valence-corrected chi connectivity index (χ3v) is 5.05. The van der Waals surface area contributed by atoms with E-state index in [-0.39, 0.29) is 4.90 Å². The van der Waals surface area contributed by atoms with Crippen molar-refractivity contribution in [1.82, 2.24) is 4.72 Å². The first-order chi connectivity index (χ1) is 10.5. The van der Waals surface area contributed by atoms with Crippen LogP contribution in [0.3, 0.4) is 0 Å². The number of carboxylic acid groups (broad SMARTS) is 1. The Morgan fingerprint density at radius 3 is 2.39 bits per heavy atom. The van der Waals surface area contributed by atoms with Gasteiger partial charge in [0.05, 0.1) is 16.7 Å². The smallest absolute Gasteiger partial charge is 0.307 e. The van der Waals surface area contributed by atoms with Gasteiger partial charge >= 0.3 is 5.97 Å². The first kappa shape index (κ1) is 17.4. The van der Waals surface area contributed by atoms with Crippen molar-refractivity contribution in [2.45, 2.75) is 37.6 Å². The molecule has 2 atom stereocenters. The summed E-state index contributed by atoms with van der Waals surface area (Å²) in [5.74, 6) is -2.60. The molecule has 0 heterocycles. The predicted molar refractivity (Wildman–Crippen MR) is 84.4 cm³/mol. The second kappa shape index (κ2) is 5.93. The summed E-state index contributed by atoms with van der Waals surface area (Å²) in [7, 11) is -3.70. The predicted octanol–water partition coefficient (Wildman–Crippen LogP) is 1.42. The quantitative estimate of drug-likeness (QED) is 0.750. The molecule has 7 nitrogen and oxygen atoms in total. The molecule has 2 rings (SSSR count). The number of nitrogens with one attached hydrogen (secondary N) is 2. The summed E-state index contributed by atoms with van der Waals surface area (Å²) in [5.41, 5.74) is -0.302. The van der Waals surface area contributed by atoms with Crippen LogP contribution in [-0.2, 0) is 19.6 Å². The van der Waals surface area contributed by atoms with Crippen molar-refractivity contribution < 1.29 is 23.1 Å². The molecule has 1 saturated carbocycles. The number of carbonyl (C=O) groups excluding carboxylic acids is 1. The molecule has 1 fully saturated rings. The molecule has 8 heteroatoms. The third kappa shape index (κ3) is 4.52. The number of hydrogen-bond donors (Lipinski definition) is 3. The molecule has 3 N–H and O–H groups in total. The van der Waals surface area contributed by atoms with Crippen LogP contribution in [0.15, 0.2) is 29.2 Å². The lowest BCUT2D eigenvalue weighted by atomic mass is 10.1. The topological polar surface area (TPSA) is 113 Å². The van der Waals surface area contributed by atoms with Gasteiger partial charge in [-0.05, 0) is 45.4 Å². The van der Waals surface area contributed by atoms with Gasteiger partial charge in [-0.2, -0.15) is 0 Å². The molecule has 126 valence electrons. The maximum Gasteiger partial charge on any atom is 0.307 e. The summed E-state index contributed by atoms with van der Waals surface area (Å²) in [5, 5.41) is 11.4. The highest BCUT2D eigenvalue weighted by atomic mass is 32.2. The van der Waals surface area contributed by atoms with E-state index < -0.39 is 39.3 Å². The minimum atomic E-state index is -3.70. The van der Waals surface area contributed by atoms with Gasteiger partial charge in [0.2, 0.25) is 15.9 Å². The lowest BCUT2D eigenvalue weighted by Gasteiger charge is -2.20. The van der Waals surface area contributed by atoms with Crippen molar-refractivity contribution in [3.63, 3.8) is 0 Å². The Balaban J connectivity index is 2.12. The number of hydrogen-bond acceptors (Lipinski definition) is 4. The van der Waals surface area contributed by atoms with E-state index in [4.69, 9.17) is 5.11 Å². The van der Waals surface area contributed by atoms with E-state index in [0.29, 0.717) is 12.1 Å². The fourth-order valence-electron chi connectivity index (χ4n) is 2.20. The van der Waals surface area contributed by atoms with Gasteiger partial charge in [-0.15, -0.1) is 0 Å². The van der Waals surface area contributed by atoms with Gasteiger partial charge in [0.1, 0.15) is 0 Å². The van der Waals surface area contributed by atoms with Gasteiger partial charge < -0.3 is 10.4 Å². The molecule has 1 aromatic carbocycles. The highest BCUT2D eigenvalue weighted by Gasteiger charge is 2.48. The molecule has 0 spiro atoms. The molecule has 0 radical (unpaired) electrons. The number of anilines is 1. The Kier molecular flexibility index (Phi) is 4.50. The number of rotatable bonds is 5. The number of aliphatic carboxylic acids is 1. The molecule has 1 amide bonds. The van der Waals surface area contributed by atoms with E-state index in [0.717, 1.165) is 0 Å². The average molecular weight is 340 g/mol. The highest BCUT2D eigenvalue weighted by Crippen LogP contribution is 2.39. The average Bonchev–Trinajstić information content (AvgIpc) is 3.16. The van der Waals surface area contributed by atoms with Crippen molar-refractivity contribution >= 4 is 27.6 Å². The number of carboxylic acids is 1. The first-order valence-corrected chi connectivity index (χ1v) is 8.66. The minimum Gasteiger partial charge on any atom is -0.481 e. The summed E-state index contributed by atoms with van der Waals surface area (Å²) >= 11 is 0. The Morgan fingerprint density at radius 2 is 1.87 bits per heavy atom. The Bertz CT molecular complexity index is 736. The largest absolute Gasteiger partial charge is 0.481 e. The normalized spacial score (nSPS) is 20.8. The van der Waals surface area contributed by atoms with Crippen molar-refractivity contribution in [2.24, 2.45) is 11.8 Å². The van der Waals surface area contributed by atoms with Crippen LogP contribution in [0.5, 0.6) is 0 Å². The standard InChI is InChI=1S/C15H20N2O5S/c1-15(2,3)17-23(21,22)10-6-4-5-9(7-10)16-13(18)11-8-12(11)14(19)20/h4-7,11-12,17H,8H2,1-3H3,(H,16,18)(H,19,20)/t11-,12+/m0/s1. The van der Waals surface area contributed by atoms with E-state index in [1.165, 1.54) is 18.2 Å². The van der Waals surface area contributed by atoms with E-state index in [1.807, 2.05) is 0 Å². The summed E-state index contributed by atoms with van der Waals surface area (Å²) in [6.45, 7) is 5.19. The van der Waals surface area contributed by atoms with Crippen LogP contribution in [0.1, 0.15) is 27.2 Å². The van der Waals surface area contributed by atoms with E-state index in [2.05, 4.69) is 10.0 Å². The molecule has 0 saturated heterocycles. The Hall–Kier alpha value is -1.93. The number of benzene rings is 1. The second-order valence-corrected chi connectivity index (χ2v) is 8.34. The minimum absolute atomic E-state index is 0.0378. The van der Waals surface area contributed by atoms with Gasteiger partial charge in [0, 0.05) is 11.2 Å². The summed E-state index contributed by atoms with van der Waals surface area (Å²) in [6.07, 6.45) is 0.310. The van der Waals surface area contributed by atoms with Crippen LogP contribution in [0, 0.1) is 11.8 Å². The van der Waals surface area contributed by atoms with Crippen LogP contribution in [-0.4, -0.2) is 30.9 Å². The van der Waals surface area contributed by atoms with Crippen molar-refractivity contribution in [3.05, 3.63) is 24.3 Å². The van der Waals surface area contributed by atoms with Gasteiger partial charge in [0.15, 0.2) is 0 Å². The molecule has 1 aliphatic rings. The zero-order chi connectivity index (χ0) is 17.4. The second-order valence-electron chi connectivity index (χ2n) is 6.66. The zero-order valence-corrected chi connectivity index (χ0v) is 14.0.